The van der Waals surface area contributed by atoms with Gasteiger partial charge in [-0.3, -0.25) is 14.4 Å². The van der Waals surface area contributed by atoms with E-state index >= 15 is 0 Å². The Labute approximate surface area is 193 Å². The van der Waals surface area contributed by atoms with Gasteiger partial charge in [0.2, 0.25) is 0 Å². The fourth-order valence-electron chi connectivity index (χ4n) is 2.85. The summed E-state index contributed by atoms with van der Waals surface area (Å²) >= 11 is 12.3. The van der Waals surface area contributed by atoms with Gasteiger partial charge in [0.1, 0.15) is 11.5 Å². The highest BCUT2D eigenvalue weighted by Crippen LogP contribution is 2.28. The molecule has 0 fully saturated rings. The van der Waals surface area contributed by atoms with Gasteiger partial charge >= 0.3 is 0 Å². The molecule has 0 radical (unpaired) electrons. The van der Waals surface area contributed by atoms with Crippen molar-refractivity contribution in [2.45, 2.75) is 13.8 Å². The number of hydrogen-bond acceptors (Lipinski definition) is 5. The summed E-state index contributed by atoms with van der Waals surface area (Å²) < 4.78 is 1.16. The Hall–Kier alpha value is -3.74. The molecule has 0 aliphatic rings. The Kier molecular flexibility index (Phi) is 6.88. The minimum Gasteiger partial charge on any atom is -0.359 e. The molecule has 2 amide bonds. The summed E-state index contributed by atoms with van der Waals surface area (Å²) in [6.45, 7) is 10.1. The van der Waals surface area contributed by atoms with Crippen molar-refractivity contribution in [3.8, 4) is 5.82 Å². The van der Waals surface area contributed by atoms with E-state index in [-0.39, 0.29) is 51.0 Å². The third-order valence-corrected chi connectivity index (χ3v) is 4.78. The van der Waals surface area contributed by atoms with Crippen LogP contribution in [0.15, 0.2) is 36.5 Å². The van der Waals surface area contributed by atoms with Gasteiger partial charge in [0.15, 0.2) is 5.82 Å². The first kappa shape index (κ1) is 22.9. The van der Waals surface area contributed by atoms with Gasteiger partial charge in [0.05, 0.1) is 22.8 Å². The van der Waals surface area contributed by atoms with Crippen molar-refractivity contribution in [1.29, 1.82) is 0 Å². The van der Waals surface area contributed by atoms with Crippen molar-refractivity contribution in [2.24, 2.45) is 0 Å². The molecule has 3 aromatic rings. The topological polar surface area (TPSA) is 110 Å². The van der Waals surface area contributed by atoms with E-state index in [0.717, 1.165) is 4.68 Å². The average molecular weight is 471 g/mol. The molecule has 162 valence electrons. The molecule has 2 N–H and O–H groups in total. The molecule has 9 nitrogen and oxygen atoms in total. The van der Waals surface area contributed by atoms with Crippen LogP contribution in [-0.4, -0.2) is 38.9 Å². The molecule has 11 heteroatoms. The monoisotopic (exact) mass is 470 g/mol. The lowest BCUT2D eigenvalue weighted by Gasteiger charge is -2.15. The van der Waals surface area contributed by atoms with Crippen LogP contribution in [0.2, 0.25) is 10.0 Å². The zero-order valence-electron chi connectivity index (χ0n) is 16.9. The Bertz CT molecular complexity index is 1280. The minimum absolute atomic E-state index is 0.0129. The van der Waals surface area contributed by atoms with Crippen molar-refractivity contribution in [3.05, 3.63) is 74.8 Å². The molecule has 0 spiro atoms. The summed E-state index contributed by atoms with van der Waals surface area (Å²) in [5.41, 5.74) is 0.786. The molecule has 0 aliphatic heterocycles. The van der Waals surface area contributed by atoms with Gasteiger partial charge in [-0.1, -0.05) is 29.8 Å². The van der Waals surface area contributed by atoms with E-state index < -0.39 is 11.8 Å². The Morgan fingerprint density at radius 2 is 1.94 bits per heavy atom. The van der Waals surface area contributed by atoms with Crippen LogP contribution in [0, 0.1) is 13.5 Å². The number of carbonyl (C=O) groups is 3. The van der Waals surface area contributed by atoms with Crippen LogP contribution in [0.4, 0.5) is 11.5 Å². The number of nitrogens with zero attached hydrogens (tertiary/aromatic N) is 4. The van der Waals surface area contributed by atoms with E-state index in [0.29, 0.717) is 5.56 Å². The van der Waals surface area contributed by atoms with Gasteiger partial charge in [0, 0.05) is 11.2 Å². The second-order valence-electron chi connectivity index (χ2n) is 6.70. The first-order valence-electron chi connectivity index (χ1n) is 9.18. The molecular weight excluding hydrogens is 455 g/mol. The Balaban J connectivity index is 2.03. The molecule has 0 bridgehead atoms. The van der Waals surface area contributed by atoms with Gasteiger partial charge in [-0.15, -0.1) is 4.68 Å². The molecule has 1 aromatic carbocycles. The second kappa shape index (κ2) is 9.60. The summed E-state index contributed by atoms with van der Waals surface area (Å²) in [6.07, 6.45) is 1.48. The van der Waals surface area contributed by atoms with Gasteiger partial charge in [-0.05, 0) is 54.8 Å². The van der Waals surface area contributed by atoms with Crippen molar-refractivity contribution < 1.29 is 14.4 Å². The third-order valence-electron chi connectivity index (χ3n) is 4.26. The summed E-state index contributed by atoms with van der Waals surface area (Å²) in [6, 6.07) is 7.45. The minimum atomic E-state index is -0.653. The maximum atomic E-state index is 13.2. The summed E-state index contributed by atoms with van der Waals surface area (Å²) in [5.74, 6) is -1.33. The summed E-state index contributed by atoms with van der Waals surface area (Å²) in [5, 5.41) is 9.76. The van der Waals surface area contributed by atoms with Gasteiger partial charge in [-0.25, -0.2) is 4.98 Å². The predicted molar refractivity (Wildman–Crippen MR) is 120 cm³/mol. The van der Waals surface area contributed by atoms with E-state index in [4.69, 9.17) is 29.8 Å². The number of halogens is 2. The van der Waals surface area contributed by atoms with Crippen LogP contribution in [0.25, 0.3) is 10.7 Å². The van der Waals surface area contributed by atoms with E-state index in [2.05, 4.69) is 25.6 Å². The Morgan fingerprint density at radius 3 is 2.59 bits per heavy atom. The van der Waals surface area contributed by atoms with E-state index in [1.165, 1.54) is 25.3 Å². The number of hydrogen-bond donors (Lipinski definition) is 2. The molecule has 0 atom stereocenters. The van der Waals surface area contributed by atoms with Crippen molar-refractivity contribution >= 4 is 52.3 Å². The van der Waals surface area contributed by atoms with Crippen LogP contribution in [0.5, 0.6) is 0 Å². The first-order valence-corrected chi connectivity index (χ1v) is 9.94. The highest BCUT2D eigenvalue weighted by molar-refractivity contribution is 6.32. The normalized spacial score (nSPS) is 10.3. The lowest BCUT2D eigenvalue weighted by atomic mass is 10.1. The molecule has 2 heterocycles. The van der Waals surface area contributed by atoms with E-state index in [1.54, 1.807) is 25.1 Å². The molecule has 32 heavy (non-hydrogen) atoms. The smallest absolute Gasteiger partial charge is 0.296 e. The number of pyridine rings is 1. The lowest BCUT2D eigenvalue weighted by molar-refractivity contribution is -0.116. The van der Waals surface area contributed by atoms with Gasteiger partial charge in [0.25, 0.3) is 17.6 Å². The SMILES string of the molecule is [C-]#[N+]c1cc(C(=O)Nc2c(C)cc(Cl)cc2C(=O)NCC(C)=O)n(-c2ncccc2Cl)n1. The van der Waals surface area contributed by atoms with Crippen LogP contribution in [-0.2, 0) is 4.79 Å². The fourth-order valence-corrected chi connectivity index (χ4v) is 3.32. The van der Waals surface area contributed by atoms with Crippen molar-refractivity contribution in [3.63, 3.8) is 0 Å². The largest absolute Gasteiger partial charge is 0.359 e. The lowest BCUT2D eigenvalue weighted by Crippen LogP contribution is -2.30. The number of Topliss-reactive ketones (excluding diaryl/α,β-unsaturated/α-hetero) is 1. The number of ketones is 1. The molecule has 0 saturated carbocycles. The number of rotatable bonds is 6. The maximum Gasteiger partial charge on any atom is 0.296 e. The zero-order chi connectivity index (χ0) is 23.4. The fraction of sp³-hybridized carbons (Fsp3) is 0.143. The van der Waals surface area contributed by atoms with Crippen LogP contribution >= 0.6 is 23.2 Å². The molecule has 3 rings (SSSR count). The van der Waals surface area contributed by atoms with Gasteiger partial charge < -0.3 is 15.5 Å². The highest BCUT2D eigenvalue weighted by atomic mass is 35.5. The van der Waals surface area contributed by atoms with Crippen molar-refractivity contribution in [2.75, 3.05) is 11.9 Å². The maximum absolute atomic E-state index is 13.2. The number of aryl methyl sites for hydroxylation is 1. The molecular formula is C21H16Cl2N6O3. The summed E-state index contributed by atoms with van der Waals surface area (Å²) in [4.78, 5) is 44.4. The number of anilines is 1. The molecule has 2 aromatic heterocycles. The molecule has 0 saturated heterocycles. The van der Waals surface area contributed by atoms with Crippen LogP contribution in [0.1, 0.15) is 33.3 Å². The summed E-state index contributed by atoms with van der Waals surface area (Å²) in [7, 11) is 0. The van der Waals surface area contributed by atoms with E-state index in [9.17, 15) is 14.4 Å². The van der Waals surface area contributed by atoms with Crippen LogP contribution in [0.3, 0.4) is 0 Å². The first-order chi connectivity index (χ1) is 15.2. The molecule has 0 unspecified atom stereocenters. The molecule has 0 aliphatic carbocycles. The van der Waals surface area contributed by atoms with Crippen LogP contribution < -0.4 is 10.6 Å². The zero-order valence-corrected chi connectivity index (χ0v) is 18.5. The highest BCUT2D eigenvalue weighted by Gasteiger charge is 2.24. The number of carbonyl (C=O) groups excluding carboxylic acids is 3. The quantitative estimate of drug-likeness (QED) is 0.528. The Morgan fingerprint density at radius 1 is 1.19 bits per heavy atom. The number of amides is 2. The van der Waals surface area contributed by atoms with Crippen molar-refractivity contribution in [1.82, 2.24) is 20.1 Å². The average Bonchev–Trinajstić information content (AvgIpc) is 3.18. The number of benzene rings is 1. The predicted octanol–water partition coefficient (Wildman–Crippen LogP) is 4.00. The standard InChI is InChI=1S/C21H16Cl2N6O3/c1-11-7-13(22)8-14(20(31)26-10-12(2)30)18(11)27-21(32)16-9-17(24-3)28-29(16)19-15(23)5-4-6-25-19/h4-9H,10H2,1-2H3,(H,26,31)(H,27,32). The third kappa shape index (κ3) is 4.94. The van der Waals surface area contributed by atoms with E-state index in [1.807, 2.05) is 0 Å². The van der Waals surface area contributed by atoms with Gasteiger partial charge in [-0.2, -0.15) is 0 Å². The number of aromatic nitrogens is 3. The number of nitrogens with one attached hydrogen (secondary N) is 2. The second-order valence-corrected chi connectivity index (χ2v) is 7.55.